The third-order valence-electron chi connectivity index (χ3n) is 2.13. The Kier molecular flexibility index (Phi) is 1.79. The zero-order valence-corrected chi connectivity index (χ0v) is 6.38. The van der Waals surface area contributed by atoms with Crippen molar-refractivity contribution in [1.29, 1.82) is 0 Å². The first-order valence-corrected chi connectivity index (χ1v) is 4.03. The van der Waals surface area contributed by atoms with Crippen molar-refractivity contribution in [3.63, 3.8) is 0 Å². The molecule has 0 bridgehead atoms. The lowest BCUT2D eigenvalue weighted by atomic mass is 10.0. The van der Waals surface area contributed by atoms with E-state index in [1.807, 2.05) is 0 Å². The van der Waals surface area contributed by atoms with Crippen LogP contribution in [-0.2, 0) is 9.63 Å². The smallest absolute Gasteiger partial charge is 0.251 e. The van der Waals surface area contributed by atoms with Gasteiger partial charge in [0.2, 0.25) is 0 Å². The summed E-state index contributed by atoms with van der Waals surface area (Å²) in [6.07, 6.45) is 0.978. The molecule has 0 aromatic carbocycles. The Morgan fingerprint density at radius 3 is 2.82 bits per heavy atom. The van der Waals surface area contributed by atoms with Crippen molar-refractivity contribution in [1.82, 2.24) is 10.4 Å². The zero-order chi connectivity index (χ0) is 7.68. The van der Waals surface area contributed by atoms with Gasteiger partial charge in [-0.2, -0.15) is 0 Å². The van der Waals surface area contributed by atoms with Crippen molar-refractivity contribution in [2.75, 3.05) is 26.2 Å². The number of hydrogen-bond acceptors (Lipinski definition) is 3. The first kappa shape index (κ1) is 7.06. The van der Waals surface area contributed by atoms with Gasteiger partial charge in [0.1, 0.15) is 0 Å². The van der Waals surface area contributed by atoms with Crippen LogP contribution in [-0.4, -0.2) is 37.2 Å². The lowest BCUT2D eigenvalue weighted by Crippen LogP contribution is -2.51. The van der Waals surface area contributed by atoms with Crippen molar-refractivity contribution in [3.8, 4) is 0 Å². The molecule has 1 N–H and O–H groups in total. The normalized spacial score (nSPS) is 25.3. The van der Waals surface area contributed by atoms with Crippen molar-refractivity contribution < 1.29 is 9.63 Å². The molecule has 0 spiro atoms. The SMILES string of the molecule is O=C(C1CNC1)N1CCCO1. The van der Waals surface area contributed by atoms with Crippen molar-refractivity contribution >= 4 is 5.91 Å². The summed E-state index contributed by atoms with van der Waals surface area (Å²) in [5.41, 5.74) is 0. The fraction of sp³-hybridized carbons (Fsp3) is 0.857. The minimum absolute atomic E-state index is 0.154. The second kappa shape index (κ2) is 2.79. The number of hydroxylamine groups is 2. The molecule has 2 rings (SSSR count). The summed E-state index contributed by atoms with van der Waals surface area (Å²) in [5, 5.41) is 4.57. The van der Waals surface area contributed by atoms with E-state index in [2.05, 4.69) is 5.32 Å². The van der Waals surface area contributed by atoms with Gasteiger partial charge in [0.05, 0.1) is 19.1 Å². The molecule has 4 nitrogen and oxygen atoms in total. The molecule has 0 aromatic rings. The van der Waals surface area contributed by atoms with Crippen LogP contribution in [0.5, 0.6) is 0 Å². The molecule has 62 valence electrons. The van der Waals surface area contributed by atoms with Crippen molar-refractivity contribution in [3.05, 3.63) is 0 Å². The van der Waals surface area contributed by atoms with Gasteiger partial charge in [-0.1, -0.05) is 0 Å². The van der Waals surface area contributed by atoms with E-state index in [-0.39, 0.29) is 11.8 Å². The summed E-state index contributed by atoms with van der Waals surface area (Å²) in [7, 11) is 0. The number of carbonyl (C=O) groups is 1. The Morgan fingerprint density at radius 1 is 1.55 bits per heavy atom. The average Bonchev–Trinajstić information content (AvgIpc) is 2.32. The van der Waals surface area contributed by atoms with Crippen LogP contribution in [0.15, 0.2) is 0 Å². The van der Waals surface area contributed by atoms with Crippen LogP contribution in [0, 0.1) is 5.92 Å². The third kappa shape index (κ3) is 1.23. The van der Waals surface area contributed by atoms with Gasteiger partial charge in [-0.25, -0.2) is 5.06 Å². The average molecular weight is 156 g/mol. The highest BCUT2D eigenvalue weighted by molar-refractivity contribution is 5.79. The van der Waals surface area contributed by atoms with E-state index >= 15 is 0 Å². The summed E-state index contributed by atoms with van der Waals surface area (Å²) >= 11 is 0. The summed E-state index contributed by atoms with van der Waals surface area (Å²) in [6, 6.07) is 0. The second-order valence-corrected chi connectivity index (χ2v) is 2.98. The highest BCUT2D eigenvalue weighted by Gasteiger charge is 2.31. The maximum Gasteiger partial charge on any atom is 0.251 e. The number of nitrogens with zero attached hydrogens (tertiary/aromatic N) is 1. The lowest BCUT2D eigenvalue weighted by Gasteiger charge is -2.28. The summed E-state index contributed by atoms with van der Waals surface area (Å²) < 4.78 is 0. The molecule has 0 radical (unpaired) electrons. The van der Waals surface area contributed by atoms with Crippen molar-refractivity contribution in [2.45, 2.75) is 6.42 Å². The maximum absolute atomic E-state index is 11.4. The minimum Gasteiger partial charge on any atom is -0.315 e. The topological polar surface area (TPSA) is 41.6 Å². The standard InChI is InChI=1S/C7H12N2O2/c10-7(6-4-8-5-6)9-2-1-3-11-9/h6,8H,1-5H2. The first-order valence-electron chi connectivity index (χ1n) is 4.03. The van der Waals surface area contributed by atoms with E-state index in [1.54, 1.807) is 0 Å². The summed E-state index contributed by atoms with van der Waals surface area (Å²) in [4.78, 5) is 16.5. The predicted octanol–water partition coefficient (Wildman–Crippen LogP) is -0.630. The molecule has 2 fully saturated rings. The minimum atomic E-state index is 0.154. The lowest BCUT2D eigenvalue weighted by molar-refractivity contribution is -0.175. The quantitative estimate of drug-likeness (QED) is 0.549. The summed E-state index contributed by atoms with van der Waals surface area (Å²) in [5.74, 6) is 0.328. The third-order valence-corrected chi connectivity index (χ3v) is 2.13. The Bertz CT molecular complexity index is 162. The van der Waals surface area contributed by atoms with Gasteiger partial charge in [0.25, 0.3) is 5.91 Å². The Hall–Kier alpha value is -0.610. The number of nitrogens with one attached hydrogen (secondary N) is 1. The molecule has 2 heterocycles. The predicted molar refractivity (Wildman–Crippen MR) is 38.6 cm³/mol. The van der Waals surface area contributed by atoms with Crippen LogP contribution in [0.4, 0.5) is 0 Å². The van der Waals surface area contributed by atoms with Crippen LogP contribution in [0.2, 0.25) is 0 Å². The van der Waals surface area contributed by atoms with Gasteiger partial charge in [0, 0.05) is 13.1 Å². The van der Waals surface area contributed by atoms with Crippen molar-refractivity contribution in [2.24, 2.45) is 5.92 Å². The maximum atomic E-state index is 11.4. The highest BCUT2D eigenvalue weighted by atomic mass is 16.7. The highest BCUT2D eigenvalue weighted by Crippen LogP contribution is 2.12. The molecule has 2 aliphatic rings. The Balaban J connectivity index is 1.87. The van der Waals surface area contributed by atoms with Crippen LogP contribution < -0.4 is 5.32 Å². The zero-order valence-electron chi connectivity index (χ0n) is 6.38. The largest absolute Gasteiger partial charge is 0.315 e. The van der Waals surface area contributed by atoms with E-state index in [1.165, 1.54) is 5.06 Å². The molecule has 0 unspecified atom stereocenters. The molecule has 0 atom stereocenters. The molecule has 0 saturated carbocycles. The van der Waals surface area contributed by atoms with E-state index in [0.717, 1.165) is 26.1 Å². The van der Waals surface area contributed by atoms with Gasteiger partial charge < -0.3 is 5.32 Å². The molecule has 4 heteroatoms. The van der Waals surface area contributed by atoms with Gasteiger partial charge in [-0.3, -0.25) is 9.63 Å². The molecule has 0 aliphatic carbocycles. The second-order valence-electron chi connectivity index (χ2n) is 2.98. The van der Waals surface area contributed by atoms with Crippen LogP contribution in [0.3, 0.4) is 0 Å². The Labute approximate surface area is 65.5 Å². The van der Waals surface area contributed by atoms with E-state index in [0.29, 0.717) is 6.61 Å². The molecular weight excluding hydrogens is 144 g/mol. The number of rotatable bonds is 1. The monoisotopic (exact) mass is 156 g/mol. The molecule has 2 aliphatic heterocycles. The van der Waals surface area contributed by atoms with Gasteiger partial charge in [-0.05, 0) is 6.42 Å². The van der Waals surface area contributed by atoms with E-state index in [9.17, 15) is 4.79 Å². The number of hydrogen-bond donors (Lipinski definition) is 1. The Morgan fingerprint density at radius 2 is 2.36 bits per heavy atom. The fourth-order valence-corrected chi connectivity index (χ4v) is 1.29. The number of amides is 1. The van der Waals surface area contributed by atoms with E-state index < -0.39 is 0 Å². The van der Waals surface area contributed by atoms with Gasteiger partial charge >= 0.3 is 0 Å². The van der Waals surface area contributed by atoms with Crippen LogP contribution >= 0.6 is 0 Å². The fourth-order valence-electron chi connectivity index (χ4n) is 1.29. The van der Waals surface area contributed by atoms with Gasteiger partial charge in [-0.15, -0.1) is 0 Å². The van der Waals surface area contributed by atoms with Gasteiger partial charge in [0.15, 0.2) is 0 Å². The molecule has 2 saturated heterocycles. The molecule has 0 aromatic heterocycles. The molecule has 11 heavy (non-hydrogen) atoms. The number of carbonyl (C=O) groups excluding carboxylic acids is 1. The van der Waals surface area contributed by atoms with Crippen LogP contribution in [0.1, 0.15) is 6.42 Å². The molecular formula is C7H12N2O2. The van der Waals surface area contributed by atoms with E-state index in [4.69, 9.17) is 4.84 Å². The van der Waals surface area contributed by atoms with Crippen LogP contribution in [0.25, 0.3) is 0 Å². The summed E-state index contributed by atoms with van der Waals surface area (Å²) in [6.45, 7) is 3.11. The molecule has 1 amide bonds. The first-order chi connectivity index (χ1) is 5.38.